The molecule has 1 N–H and O–H groups in total. The number of rotatable bonds is 4. The Morgan fingerprint density at radius 2 is 1.83 bits per heavy atom. The SMILES string of the molecule is Cc1ccc(NC(=O)c2cnn(C)c2-n2cccc2)cc1C(=O)N1CCOCC1. The van der Waals surface area contributed by atoms with Crippen molar-refractivity contribution in [2.24, 2.45) is 7.05 Å². The lowest BCUT2D eigenvalue weighted by Crippen LogP contribution is -2.41. The van der Waals surface area contributed by atoms with E-state index in [1.165, 1.54) is 0 Å². The van der Waals surface area contributed by atoms with Gasteiger partial charge in [-0.3, -0.25) is 14.3 Å². The fraction of sp³-hybridized carbons (Fsp3) is 0.286. The number of benzene rings is 1. The Morgan fingerprint density at radius 3 is 2.55 bits per heavy atom. The predicted molar refractivity (Wildman–Crippen MR) is 108 cm³/mol. The zero-order chi connectivity index (χ0) is 20.4. The van der Waals surface area contributed by atoms with Gasteiger partial charge < -0.3 is 19.5 Å². The molecule has 2 amide bonds. The van der Waals surface area contributed by atoms with Crippen LogP contribution < -0.4 is 5.32 Å². The number of carbonyl (C=O) groups is 2. The van der Waals surface area contributed by atoms with Crippen molar-refractivity contribution in [1.29, 1.82) is 0 Å². The molecule has 1 aliphatic heterocycles. The van der Waals surface area contributed by atoms with E-state index in [-0.39, 0.29) is 11.8 Å². The number of ether oxygens (including phenoxy) is 1. The first-order valence-electron chi connectivity index (χ1n) is 9.49. The highest BCUT2D eigenvalue weighted by Gasteiger charge is 2.22. The number of aryl methyl sites for hydroxylation is 2. The average Bonchev–Trinajstić information content (AvgIpc) is 3.39. The van der Waals surface area contributed by atoms with E-state index in [0.29, 0.717) is 48.9 Å². The molecule has 1 aliphatic rings. The van der Waals surface area contributed by atoms with Gasteiger partial charge >= 0.3 is 0 Å². The minimum atomic E-state index is -0.282. The largest absolute Gasteiger partial charge is 0.378 e. The number of carbonyl (C=O) groups excluding carboxylic acids is 2. The van der Waals surface area contributed by atoms with Crippen molar-refractivity contribution in [2.45, 2.75) is 6.92 Å². The molecule has 29 heavy (non-hydrogen) atoms. The molecule has 2 aromatic heterocycles. The molecule has 1 fully saturated rings. The molecule has 0 bridgehead atoms. The van der Waals surface area contributed by atoms with E-state index in [2.05, 4.69) is 10.4 Å². The standard InChI is InChI=1S/C21H23N5O3/c1-15-5-6-16(13-17(15)21(28)26-9-11-29-12-10-26)23-19(27)18-14-22-24(2)20(18)25-7-3-4-8-25/h3-8,13-14H,9-12H2,1-2H3,(H,23,27). The number of aromatic nitrogens is 3. The van der Waals surface area contributed by atoms with Gasteiger partial charge in [0.2, 0.25) is 0 Å². The average molecular weight is 393 g/mol. The Kier molecular flexibility index (Phi) is 5.18. The van der Waals surface area contributed by atoms with Crippen LogP contribution in [-0.4, -0.2) is 57.4 Å². The van der Waals surface area contributed by atoms with Crippen LogP contribution in [0.5, 0.6) is 0 Å². The number of nitrogens with zero attached hydrogens (tertiary/aromatic N) is 4. The van der Waals surface area contributed by atoms with Gasteiger partial charge in [-0.1, -0.05) is 6.07 Å². The van der Waals surface area contributed by atoms with E-state index in [1.807, 2.05) is 42.1 Å². The summed E-state index contributed by atoms with van der Waals surface area (Å²) in [5.41, 5.74) is 2.47. The van der Waals surface area contributed by atoms with Crippen LogP contribution in [0.1, 0.15) is 26.3 Å². The summed E-state index contributed by atoms with van der Waals surface area (Å²) in [6, 6.07) is 9.15. The van der Waals surface area contributed by atoms with Crippen LogP contribution in [0.3, 0.4) is 0 Å². The molecule has 8 heteroatoms. The Bertz CT molecular complexity index is 1030. The molecule has 0 spiro atoms. The third kappa shape index (κ3) is 3.79. The van der Waals surface area contributed by atoms with Crippen molar-refractivity contribution in [1.82, 2.24) is 19.2 Å². The van der Waals surface area contributed by atoms with Crippen LogP contribution in [0.25, 0.3) is 5.82 Å². The van der Waals surface area contributed by atoms with Gasteiger partial charge in [0.05, 0.1) is 19.4 Å². The van der Waals surface area contributed by atoms with Crippen LogP contribution >= 0.6 is 0 Å². The maximum atomic E-state index is 12.9. The topological polar surface area (TPSA) is 81.4 Å². The molecule has 8 nitrogen and oxygen atoms in total. The minimum Gasteiger partial charge on any atom is -0.378 e. The number of hydrogen-bond acceptors (Lipinski definition) is 4. The molecule has 1 aromatic carbocycles. The highest BCUT2D eigenvalue weighted by atomic mass is 16.5. The van der Waals surface area contributed by atoms with E-state index >= 15 is 0 Å². The Hall–Kier alpha value is -3.39. The minimum absolute atomic E-state index is 0.0451. The Labute approximate surface area is 168 Å². The maximum absolute atomic E-state index is 12.9. The Morgan fingerprint density at radius 1 is 1.10 bits per heavy atom. The van der Waals surface area contributed by atoms with E-state index in [4.69, 9.17) is 4.74 Å². The van der Waals surface area contributed by atoms with Gasteiger partial charge in [0.15, 0.2) is 0 Å². The Balaban J connectivity index is 1.58. The van der Waals surface area contributed by atoms with E-state index < -0.39 is 0 Å². The number of amides is 2. The quantitative estimate of drug-likeness (QED) is 0.737. The third-order valence-corrected chi connectivity index (χ3v) is 5.03. The monoisotopic (exact) mass is 393 g/mol. The molecule has 0 saturated carbocycles. The smallest absolute Gasteiger partial charge is 0.261 e. The number of nitrogens with one attached hydrogen (secondary N) is 1. The highest BCUT2D eigenvalue weighted by Crippen LogP contribution is 2.20. The van der Waals surface area contributed by atoms with Crippen LogP contribution in [0.4, 0.5) is 5.69 Å². The van der Waals surface area contributed by atoms with Crippen LogP contribution in [0.2, 0.25) is 0 Å². The summed E-state index contributed by atoms with van der Waals surface area (Å²) in [5, 5.41) is 7.12. The number of hydrogen-bond donors (Lipinski definition) is 1. The predicted octanol–water partition coefficient (Wildman–Crippen LogP) is 2.24. The van der Waals surface area contributed by atoms with Gasteiger partial charge in [-0.05, 0) is 36.8 Å². The first kappa shape index (κ1) is 18.9. The van der Waals surface area contributed by atoms with Crippen molar-refractivity contribution in [3.8, 4) is 5.82 Å². The number of morpholine rings is 1. The molecular weight excluding hydrogens is 370 g/mol. The lowest BCUT2D eigenvalue weighted by molar-refractivity contribution is 0.0302. The second kappa shape index (κ2) is 7.92. The molecular formula is C21H23N5O3. The second-order valence-electron chi connectivity index (χ2n) is 6.98. The summed E-state index contributed by atoms with van der Waals surface area (Å²) in [4.78, 5) is 27.6. The van der Waals surface area contributed by atoms with Gasteiger partial charge in [0.25, 0.3) is 11.8 Å². The van der Waals surface area contributed by atoms with Crippen molar-refractivity contribution in [2.75, 3.05) is 31.6 Å². The molecule has 0 aliphatic carbocycles. The lowest BCUT2D eigenvalue weighted by Gasteiger charge is -2.27. The molecule has 1 saturated heterocycles. The third-order valence-electron chi connectivity index (χ3n) is 5.03. The summed E-state index contributed by atoms with van der Waals surface area (Å²) < 4.78 is 8.81. The van der Waals surface area contributed by atoms with Gasteiger partial charge in [-0.25, -0.2) is 0 Å². The van der Waals surface area contributed by atoms with E-state index in [0.717, 1.165) is 5.56 Å². The molecule has 0 radical (unpaired) electrons. The first-order valence-corrected chi connectivity index (χ1v) is 9.49. The van der Waals surface area contributed by atoms with Crippen molar-refractivity contribution in [3.05, 3.63) is 65.6 Å². The van der Waals surface area contributed by atoms with Crippen LogP contribution in [-0.2, 0) is 11.8 Å². The van der Waals surface area contributed by atoms with Gasteiger partial charge in [0.1, 0.15) is 11.4 Å². The van der Waals surface area contributed by atoms with E-state index in [1.54, 1.807) is 35.0 Å². The second-order valence-corrected chi connectivity index (χ2v) is 6.98. The van der Waals surface area contributed by atoms with Gasteiger partial charge in [-0.15, -0.1) is 0 Å². The van der Waals surface area contributed by atoms with Gasteiger partial charge in [-0.2, -0.15) is 5.10 Å². The van der Waals surface area contributed by atoms with Crippen LogP contribution in [0.15, 0.2) is 48.9 Å². The molecule has 4 rings (SSSR count). The molecule has 0 unspecified atom stereocenters. The summed E-state index contributed by atoms with van der Waals surface area (Å²) in [6.45, 7) is 4.13. The summed E-state index contributed by atoms with van der Waals surface area (Å²) in [6.07, 6.45) is 5.26. The zero-order valence-corrected chi connectivity index (χ0v) is 16.5. The summed E-state index contributed by atoms with van der Waals surface area (Å²) in [5.74, 6) is 0.343. The summed E-state index contributed by atoms with van der Waals surface area (Å²) in [7, 11) is 1.79. The maximum Gasteiger partial charge on any atom is 0.261 e. The molecule has 3 heterocycles. The summed E-state index contributed by atoms with van der Waals surface area (Å²) >= 11 is 0. The fourth-order valence-corrected chi connectivity index (χ4v) is 3.44. The fourth-order valence-electron chi connectivity index (χ4n) is 3.44. The van der Waals surface area contributed by atoms with Crippen LogP contribution in [0, 0.1) is 6.92 Å². The highest BCUT2D eigenvalue weighted by molar-refractivity contribution is 6.07. The molecule has 3 aromatic rings. The normalized spacial score (nSPS) is 14.1. The zero-order valence-electron chi connectivity index (χ0n) is 16.5. The number of anilines is 1. The van der Waals surface area contributed by atoms with Crippen molar-refractivity contribution >= 4 is 17.5 Å². The molecule has 150 valence electrons. The lowest BCUT2D eigenvalue weighted by atomic mass is 10.1. The van der Waals surface area contributed by atoms with Crippen molar-refractivity contribution in [3.63, 3.8) is 0 Å². The van der Waals surface area contributed by atoms with Crippen molar-refractivity contribution < 1.29 is 14.3 Å². The molecule has 0 atom stereocenters. The van der Waals surface area contributed by atoms with Gasteiger partial charge in [0, 0.05) is 43.8 Å². The van der Waals surface area contributed by atoms with E-state index in [9.17, 15) is 9.59 Å². The first-order chi connectivity index (χ1) is 14.0.